The number of unbranched alkanes of at least 4 members (excludes halogenated alkanes) is 1. The van der Waals surface area contributed by atoms with Crippen LogP contribution in [-0.4, -0.2) is 44.7 Å². The van der Waals surface area contributed by atoms with Gasteiger partial charge in [0.2, 0.25) is 5.91 Å². The molecule has 7 nitrogen and oxygen atoms in total. The number of carbonyl (C=O) groups excluding carboxylic acids is 2. The number of hydrogen-bond donors (Lipinski definition) is 3. The van der Waals surface area contributed by atoms with Gasteiger partial charge in [-0.15, -0.1) is 11.3 Å². The van der Waals surface area contributed by atoms with Gasteiger partial charge in [-0.2, -0.15) is 0 Å². The van der Waals surface area contributed by atoms with Crippen LogP contribution < -0.4 is 5.48 Å². The highest BCUT2D eigenvalue weighted by molar-refractivity contribution is 7.09. The van der Waals surface area contributed by atoms with Crippen LogP contribution in [0.15, 0.2) is 5.38 Å². The molecule has 2 amide bonds. The van der Waals surface area contributed by atoms with Crippen molar-refractivity contribution >= 4 is 23.2 Å². The molecule has 2 heterocycles. The first kappa shape index (κ1) is 18.8. The van der Waals surface area contributed by atoms with Gasteiger partial charge in [0.05, 0.1) is 12.0 Å². The van der Waals surface area contributed by atoms with E-state index in [0.717, 1.165) is 36.4 Å². The molecule has 1 aliphatic rings. The monoisotopic (exact) mass is 355 g/mol. The van der Waals surface area contributed by atoms with Crippen LogP contribution in [0.4, 0.5) is 0 Å². The Hall–Kier alpha value is -1.51. The Morgan fingerprint density at radius 1 is 1.54 bits per heavy atom. The Morgan fingerprint density at radius 2 is 2.29 bits per heavy atom. The van der Waals surface area contributed by atoms with Crippen LogP contribution in [0.1, 0.15) is 55.8 Å². The first-order valence-electron chi connectivity index (χ1n) is 8.34. The molecular formula is C16H25N3O4S. The summed E-state index contributed by atoms with van der Waals surface area (Å²) in [4.78, 5) is 30.8. The quantitative estimate of drug-likeness (QED) is 0.511. The molecule has 1 aromatic rings. The highest BCUT2D eigenvalue weighted by Gasteiger charge is 2.39. The molecule has 24 heavy (non-hydrogen) atoms. The van der Waals surface area contributed by atoms with Crippen molar-refractivity contribution in [3.8, 4) is 0 Å². The summed E-state index contributed by atoms with van der Waals surface area (Å²) in [6.07, 6.45) is 2.14. The minimum Gasteiger partial charge on any atom is -0.382 e. The van der Waals surface area contributed by atoms with Crippen molar-refractivity contribution in [3.05, 3.63) is 16.1 Å². The Morgan fingerprint density at radius 3 is 2.88 bits per heavy atom. The molecule has 0 aromatic carbocycles. The molecule has 1 aliphatic heterocycles. The first-order valence-corrected chi connectivity index (χ1v) is 9.22. The molecule has 8 heteroatoms. The minimum absolute atomic E-state index is 0.0929. The number of hydrogen-bond acceptors (Lipinski definition) is 6. The van der Waals surface area contributed by atoms with Crippen LogP contribution in [0.25, 0.3) is 0 Å². The van der Waals surface area contributed by atoms with Crippen molar-refractivity contribution in [2.75, 3.05) is 6.54 Å². The van der Waals surface area contributed by atoms with Crippen LogP contribution in [0, 0.1) is 12.8 Å². The van der Waals surface area contributed by atoms with Gasteiger partial charge in [0.25, 0.3) is 5.91 Å². The lowest BCUT2D eigenvalue weighted by molar-refractivity contribution is -0.151. The van der Waals surface area contributed by atoms with E-state index < -0.39 is 17.9 Å². The number of aliphatic hydroxyl groups is 1. The summed E-state index contributed by atoms with van der Waals surface area (Å²) in [6, 6.07) is -0.0929. The summed E-state index contributed by atoms with van der Waals surface area (Å²) >= 11 is 1.53. The summed E-state index contributed by atoms with van der Waals surface area (Å²) in [5, 5.41) is 21.8. The third kappa shape index (κ3) is 4.12. The smallest absolute Gasteiger partial charge is 0.272 e. The summed E-state index contributed by atoms with van der Waals surface area (Å²) < 4.78 is 0. The molecule has 3 atom stereocenters. The summed E-state index contributed by atoms with van der Waals surface area (Å²) in [7, 11) is 0. The van der Waals surface area contributed by atoms with Crippen LogP contribution >= 0.6 is 11.3 Å². The molecule has 2 rings (SSSR count). The number of aryl methyl sites for hydroxylation is 1. The van der Waals surface area contributed by atoms with Gasteiger partial charge in [-0.25, -0.2) is 10.5 Å². The van der Waals surface area contributed by atoms with Gasteiger partial charge < -0.3 is 10.0 Å². The molecule has 0 aliphatic carbocycles. The molecule has 1 aromatic heterocycles. The maximum atomic E-state index is 13.0. The number of aromatic nitrogens is 1. The van der Waals surface area contributed by atoms with Gasteiger partial charge in [-0.05, 0) is 26.2 Å². The molecule has 0 spiro atoms. The fourth-order valence-electron chi connectivity index (χ4n) is 3.11. The van der Waals surface area contributed by atoms with Crippen LogP contribution in [-0.2, 0) is 9.59 Å². The largest absolute Gasteiger partial charge is 0.382 e. The molecule has 134 valence electrons. The lowest BCUT2D eigenvalue weighted by atomic mass is 9.93. The van der Waals surface area contributed by atoms with Gasteiger partial charge >= 0.3 is 0 Å². The van der Waals surface area contributed by atoms with Crippen molar-refractivity contribution in [2.45, 2.75) is 58.1 Å². The average molecular weight is 355 g/mol. The summed E-state index contributed by atoms with van der Waals surface area (Å²) in [5.74, 6) is -2.03. The minimum atomic E-state index is -1.55. The molecule has 1 fully saturated rings. The Balaban J connectivity index is 2.18. The number of rotatable bonds is 7. The van der Waals surface area contributed by atoms with Crippen molar-refractivity contribution in [1.29, 1.82) is 0 Å². The van der Waals surface area contributed by atoms with Gasteiger partial charge in [-0.3, -0.25) is 14.8 Å². The second-order valence-corrected chi connectivity index (χ2v) is 7.08. The Bertz CT molecular complexity index is 577. The SMILES string of the molecule is CCCCC(C(=O)N1CCCC1c1nc(C)cs1)C(O)C(=O)NO. The standard InChI is InChI=1S/C16H25N3O4S/c1-3-4-6-11(13(20)14(21)18-23)16(22)19-8-5-7-12(19)15-17-10(2)9-24-15/h9,11-13,20,23H,3-8H2,1-2H3,(H,18,21). The molecule has 0 bridgehead atoms. The maximum Gasteiger partial charge on any atom is 0.272 e. The predicted octanol–water partition coefficient (Wildman–Crippen LogP) is 1.79. The number of nitrogens with zero attached hydrogens (tertiary/aromatic N) is 2. The molecule has 0 saturated carbocycles. The van der Waals surface area contributed by atoms with Gasteiger partial charge in [0, 0.05) is 17.6 Å². The predicted molar refractivity (Wildman–Crippen MR) is 89.5 cm³/mol. The zero-order chi connectivity index (χ0) is 17.7. The third-order valence-corrected chi connectivity index (χ3v) is 5.47. The van der Waals surface area contributed by atoms with E-state index in [2.05, 4.69) is 4.98 Å². The third-order valence-electron chi connectivity index (χ3n) is 4.40. The van der Waals surface area contributed by atoms with E-state index in [1.54, 1.807) is 4.90 Å². The first-order chi connectivity index (χ1) is 11.5. The molecule has 3 unspecified atom stereocenters. The van der Waals surface area contributed by atoms with Crippen LogP contribution in [0.5, 0.6) is 0 Å². The topological polar surface area (TPSA) is 103 Å². The molecule has 3 N–H and O–H groups in total. The van der Waals surface area contributed by atoms with Crippen molar-refractivity contribution in [2.24, 2.45) is 5.92 Å². The number of amides is 2. The van der Waals surface area contributed by atoms with E-state index in [9.17, 15) is 14.7 Å². The van der Waals surface area contributed by atoms with E-state index in [-0.39, 0.29) is 11.9 Å². The summed E-state index contributed by atoms with van der Waals surface area (Å²) in [5.41, 5.74) is 2.37. The van der Waals surface area contributed by atoms with Crippen molar-refractivity contribution in [3.63, 3.8) is 0 Å². The fourth-order valence-corrected chi connectivity index (χ4v) is 4.06. The molecule has 1 saturated heterocycles. The average Bonchev–Trinajstić information content (AvgIpc) is 3.22. The van der Waals surface area contributed by atoms with E-state index in [0.29, 0.717) is 13.0 Å². The number of aliphatic hydroxyl groups excluding tert-OH is 1. The molecule has 0 radical (unpaired) electrons. The van der Waals surface area contributed by atoms with Gasteiger partial charge in [0.1, 0.15) is 11.1 Å². The van der Waals surface area contributed by atoms with Crippen molar-refractivity contribution in [1.82, 2.24) is 15.4 Å². The zero-order valence-corrected chi connectivity index (χ0v) is 14.9. The Kier molecular flexibility index (Phi) is 6.70. The lowest BCUT2D eigenvalue weighted by Gasteiger charge is -2.29. The van der Waals surface area contributed by atoms with E-state index in [1.165, 1.54) is 16.8 Å². The maximum absolute atomic E-state index is 13.0. The second-order valence-electron chi connectivity index (χ2n) is 6.19. The van der Waals surface area contributed by atoms with Crippen LogP contribution in [0.3, 0.4) is 0 Å². The van der Waals surface area contributed by atoms with E-state index in [4.69, 9.17) is 5.21 Å². The van der Waals surface area contributed by atoms with Crippen LogP contribution in [0.2, 0.25) is 0 Å². The lowest BCUT2D eigenvalue weighted by Crippen LogP contribution is -2.46. The number of hydroxylamine groups is 1. The fraction of sp³-hybridized carbons (Fsp3) is 0.688. The van der Waals surface area contributed by atoms with Gasteiger partial charge in [-0.1, -0.05) is 19.8 Å². The van der Waals surface area contributed by atoms with E-state index in [1.807, 2.05) is 19.2 Å². The number of nitrogens with one attached hydrogen (secondary N) is 1. The molecular weight excluding hydrogens is 330 g/mol. The number of thiazole rings is 1. The summed E-state index contributed by atoms with van der Waals surface area (Å²) in [6.45, 7) is 4.50. The Labute approximate surface area is 145 Å². The zero-order valence-electron chi connectivity index (χ0n) is 14.1. The van der Waals surface area contributed by atoms with Gasteiger partial charge in [0.15, 0.2) is 0 Å². The second kappa shape index (κ2) is 8.55. The normalized spacial score (nSPS) is 20.0. The van der Waals surface area contributed by atoms with Crippen molar-refractivity contribution < 1.29 is 19.9 Å². The van der Waals surface area contributed by atoms with E-state index >= 15 is 0 Å². The highest BCUT2D eigenvalue weighted by atomic mass is 32.1. The highest BCUT2D eigenvalue weighted by Crippen LogP contribution is 2.35. The number of carbonyl (C=O) groups is 2. The number of likely N-dealkylation sites (tertiary alicyclic amines) is 1.